The number of allylic oxidation sites excluding steroid dienone is 5. The number of unbranched alkanes of at least 4 members (excludes halogenated alkanes) is 14. The summed E-state index contributed by atoms with van der Waals surface area (Å²) in [7, 11) is 0. The number of carbonyl (C=O) groups excluding carboxylic acids is 2. The molecule has 7 heteroatoms. The zero-order valence-electron chi connectivity index (χ0n) is 43.4. The van der Waals surface area contributed by atoms with E-state index >= 15 is 0 Å². The van der Waals surface area contributed by atoms with Gasteiger partial charge in [-0.2, -0.15) is 5.06 Å². The molecule has 3 atom stereocenters. The Morgan fingerprint density at radius 3 is 1.62 bits per heavy atom. The fourth-order valence-corrected chi connectivity index (χ4v) is 9.68. The van der Waals surface area contributed by atoms with Crippen molar-refractivity contribution in [3.63, 3.8) is 0 Å². The average Bonchev–Trinajstić information content (AvgIpc) is 3.26. The average molecular weight is 890 g/mol. The summed E-state index contributed by atoms with van der Waals surface area (Å²) < 4.78 is 19.1. The van der Waals surface area contributed by atoms with Crippen LogP contribution in [0.25, 0.3) is 6.08 Å². The van der Waals surface area contributed by atoms with Crippen molar-refractivity contribution in [2.75, 3.05) is 19.8 Å². The zero-order valence-corrected chi connectivity index (χ0v) is 43.4. The normalized spacial score (nSPS) is 26.6. The molecule has 1 spiro atoms. The van der Waals surface area contributed by atoms with E-state index in [2.05, 4.69) is 108 Å². The van der Waals surface area contributed by atoms with Gasteiger partial charge in [0, 0.05) is 35.4 Å². The Morgan fingerprint density at radius 2 is 1.20 bits per heavy atom. The number of hydrogen-bond acceptors (Lipinski definition) is 7. The minimum Gasteiger partial charge on any atom is -0.465 e. The largest absolute Gasteiger partial charge is 0.465 e. The first kappa shape index (κ1) is 55.7. The lowest BCUT2D eigenvalue weighted by Gasteiger charge is -2.63. The summed E-state index contributed by atoms with van der Waals surface area (Å²) in [6, 6.07) is 10.2. The number of piperidine rings is 1. The highest BCUT2D eigenvalue weighted by Gasteiger charge is 2.63. The quantitative estimate of drug-likeness (QED) is 0.0917. The minimum absolute atomic E-state index is 0.0119. The Kier molecular flexibility index (Phi) is 22.2. The van der Waals surface area contributed by atoms with Gasteiger partial charge in [-0.3, -0.25) is 9.59 Å². The molecule has 4 rings (SSSR count). The van der Waals surface area contributed by atoms with Gasteiger partial charge in [0.05, 0.1) is 24.2 Å². The summed E-state index contributed by atoms with van der Waals surface area (Å²) in [5, 5.41) is 12.8. The van der Waals surface area contributed by atoms with E-state index < -0.39 is 16.9 Å². The molecule has 64 heavy (non-hydrogen) atoms. The van der Waals surface area contributed by atoms with Crippen LogP contribution < -0.4 is 0 Å². The molecule has 1 aliphatic carbocycles. The van der Waals surface area contributed by atoms with Gasteiger partial charge in [-0.1, -0.05) is 196 Å². The second kappa shape index (κ2) is 25.5. The summed E-state index contributed by atoms with van der Waals surface area (Å²) in [4.78, 5) is 25.4. The number of nitrogens with zero attached hydrogens (tertiary/aromatic N) is 1. The molecule has 0 saturated carbocycles. The van der Waals surface area contributed by atoms with E-state index in [9.17, 15) is 14.8 Å². The van der Waals surface area contributed by atoms with Crippen LogP contribution in [0.15, 0.2) is 59.2 Å². The number of Topliss-reactive ketones (excluding diaryl/α,β-unsaturated/α-hetero) is 1. The summed E-state index contributed by atoms with van der Waals surface area (Å²) in [6.07, 6.45) is 29.5. The van der Waals surface area contributed by atoms with Crippen molar-refractivity contribution in [3.8, 4) is 0 Å². The number of ether oxygens (including phenoxy) is 3. The maximum absolute atomic E-state index is 12.9. The van der Waals surface area contributed by atoms with Crippen molar-refractivity contribution < 1.29 is 29.0 Å². The Hall–Kier alpha value is -2.58. The molecule has 0 amide bonds. The molecule has 3 unspecified atom stereocenters. The number of ketones is 1. The summed E-state index contributed by atoms with van der Waals surface area (Å²) >= 11 is 0. The smallest absolute Gasteiger partial charge is 0.305 e. The number of benzene rings is 1. The van der Waals surface area contributed by atoms with Gasteiger partial charge in [-0.05, 0) is 79.7 Å². The highest BCUT2D eigenvalue weighted by molar-refractivity contribution is 6.12. The van der Waals surface area contributed by atoms with E-state index in [0.29, 0.717) is 32.7 Å². The number of esters is 1. The van der Waals surface area contributed by atoms with Crippen LogP contribution in [0.5, 0.6) is 0 Å². The van der Waals surface area contributed by atoms with Gasteiger partial charge < -0.3 is 19.4 Å². The number of hydrogen-bond donors (Lipinski definition) is 1. The number of rotatable bonds is 22. The second-order valence-electron chi connectivity index (χ2n) is 22.4. The van der Waals surface area contributed by atoms with Crippen LogP contribution in [0, 0.1) is 22.2 Å². The van der Waals surface area contributed by atoms with Crippen molar-refractivity contribution >= 4 is 17.8 Å². The molecule has 2 saturated heterocycles. The van der Waals surface area contributed by atoms with E-state index in [1.165, 1.54) is 83.5 Å². The van der Waals surface area contributed by atoms with Gasteiger partial charge in [0.25, 0.3) is 0 Å². The van der Waals surface area contributed by atoms with Crippen LogP contribution in [-0.4, -0.2) is 58.7 Å². The van der Waals surface area contributed by atoms with E-state index in [4.69, 9.17) is 14.2 Å². The van der Waals surface area contributed by atoms with Crippen LogP contribution >= 0.6 is 0 Å². The van der Waals surface area contributed by atoms with Crippen LogP contribution in [0.1, 0.15) is 224 Å². The molecule has 364 valence electrons. The van der Waals surface area contributed by atoms with Crippen LogP contribution in [0.4, 0.5) is 0 Å². The minimum atomic E-state index is -0.745. The van der Waals surface area contributed by atoms with Crippen molar-refractivity contribution in [1.29, 1.82) is 0 Å². The third-order valence-electron chi connectivity index (χ3n) is 15.1. The Morgan fingerprint density at radius 1 is 0.734 bits per heavy atom. The first-order valence-corrected chi connectivity index (χ1v) is 25.8. The first-order valence-electron chi connectivity index (χ1n) is 25.8. The number of hydroxylamine groups is 2. The van der Waals surface area contributed by atoms with Gasteiger partial charge in [-0.15, -0.1) is 0 Å². The van der Waals surface area contributed by atoms with E-state index in [0.717, 1.165) is 54.4 Å². The van der Waals surface area contributed by atoms with Gasteiger partial charge >= 0.3 is 5.97 Å². The molecule has 7 nitrogen and oxygen atoms in total. The maximum Gasteiger partial charge on any atom is 0.305 e. The second-order valence-corrected chi connectivity index (χ2v) is 22.4. The number of carbonyl (C=O) groups is 2. The SMILES string of the molecule is CC(C)(C)C1=CC(=Cc2ccccc2)C=C(C(C)(C)C)C1=O.CCCCCCCCCCCCCCCCCC(=O)OCC1(CC)COC2(CC(C)(CC)N(O)C(C)(CC)C2C)OC1. The lowest BCUT2D eigenvalue weighted by atomic mass is 9.67. The molecule has 3 aliphatic rings. The molecule has 1 aromatic carbocycles. The molecule has 2 aliphatic heterocycles. The topological polar surface area (TPSA) is 85.3 Å². The Balaban J connectivity index is 0.000000413. The monoisotopic (exact) mass is 890 g/mol. The Labute approximate surface area is 392 Å². The third kappa shape index (κ3) is 15.8. The van der Waals surface area contributed by atoms with Crippen molar-refractivity contribution in [3.05, 3.63) is 64.8 Å². The summed E-state index contributed by atoms with van der Waals surface area (Å²) in [5.41, 5.74) is 2.52. The van der Waals surface area contributed by atoms with Crippen molar-refractivity contribution in [2.45, 2.75) is 235 Å². The lowest BCUT2D eigenvalue weighted by Crippen LogP contribution is -2.73. The highest BCUT2D eigenvalue weighted by Crippen LogP contribution is 2.53. The van der Waals surface area contributed by atoms with Crippen LogP contribution in [0.2, 0.25) is 0 Å². The van der Waals surface area contributed by atoms with Gasteiger partial charge in [0.2, 0.25) is 0 Å². The Bertz CT molecular complexity index is 1620. The predicted molar refractivity (Wildman–Crippen MR) is 267 cm³/mol. The van der Waals surface area contributed by atoms with Gasteiger partial charge in [0.15, 0.2) is 11.6 Å². The summed E-state index contributed by atoms with van der Waals surface area (Å²) in [6.45, 7) is 28.9. The molecule has 0 bridgehead atoms. The fourth-order valence-electron chi connectivity index (χ4n) is 9.68. The van der Waals surface area contributed by atoms with E-state index in [-0.39, 0.29) is 33.9 Å². The predicted octanol–water partition coefficient (Wildman–Crippen LogP) is 15.6. The third-order valence-corrected chi connectivity index (χ3v) is 15.1. The van der Waals surface area contributed by atoms with Gasteiger partial charge in [0.1, 0.15) is 6.61 Å². The fraction of sp³-hybridized carbons (Fsp3) is 0.754. The zero-order chi connectivity index (χ0) is 47.7. The van der Waals surface area contributed by atoms with Crippen molar-refractivity contribution in [1.82, 2.24) is 5.06 Å². The van der Waals surface area contributed by atoms with E-state index in [1.54, 1.807) is 5.06 Å². The van der Waals surface area contributed by atoms with E-state index in [1.807, 2.05) is 30.4 Å². The lowest BCUT2D eigenvalue weighted by molar-refractivity contribution is -0.403. The molecule has 0 radical (unpaired) electrons. The molecule has 2 heterocycles. The molecule has 1 aromatic rings. The molecular formula is C57H95NO6. The first-order chi connectivity index (χ1) is 30.2. The van der Waals surface area contributed by atoms with Crippen LogP contribution in [-0.2, 0) is 23.8 Å². The van der Waals surface area contributed by atoms with Crippen LogP contribution in [0.3, 0.4) is 0 Å². The molecule has 1 N–H and O–H groups in total. The molecule has 0 aromatic heterocycles. The molecule has 2 fully saturated rings. The summed E-state index contributed by atoms with van der Waals surface area (Å²) in [5.74, 6) is -0.671. The standard InChI is InChI=1S/C36H69NO5.C21H26O/c1-8-12-13-14-15-16-17-18-19-20-21-22-23-24-25-26-32(38)40-28-35(11-4)29-41-36(42-30-35)27-33(6,9-2)37(39)34(7,10-3)31(36)5;1-20(2,3)17-13-16(12-15-10-8-7-9-11-15)14-18(19(17)22)21(4,5)6/h31,39H,8-30H2,1-7H3;7-14H,1-6H3. The maximum atomic E-state index is 12.9. The molecular weight excluding hydrogens is 795 g/mol. The highest BCUT2D eigenvalue weighted by atomic mass is 16.7. The van der Waals surface area contributed by atoms with Crippen molar-refractivity contribution in [2.24, 2.45) is 22.2 Å². The van der Waals surface area contributed by atoms with Gasteiger partial charge in [-0.25, -0.2) is 0 Å².